The molecule has 0 heterocycles. The lowest BCUT2D eigenvalue weighted by molar-refractivity contribution is 0.496. The Bertz CT molecular complexity index is 344. The maximum absolute atomic E-state index is 5.62. The van der Waals surface area contributed by atoms with Crippen LogP contribution in [-0.2, 0) is 5.41 Å². The minimum Gasteiger partial charge on any atom is -0.271 e. The smallest absolute Gasteiger partial charge is 0.0488 e. The zero-order chi connectivity index (χ0) is 11.8. The Balaban J connectivity index is 2.18. The minimum absolute atomic E-state index is 0.226. The summed E-state index contributed by atoms with van der Waals surface area (Å²) in [6.45, 7) is 6.71. The fraction of sp³-hybridized carbons (Fsp3) is 0.571. The summed E-state index contributed by atoms with van der Waals surface area (Å²) in [7, 11) is 0. The van der Waals surface area contributed by atoms with Gasteiger partial charge in [0.2, 0.25) is 0 Å². The van der Waals surface area contributed by atoms with Gasteiger partial charge < -0.3 is 0 Å². The first kappa shape index (κ1) is 11.6. The molecular formula is C14H22N2. The molecule has 0 aliphatic heterocycles. The van der Waals surface area contributed by atoms with E-state index in [-0.39, 0.29) is 5.41 Å². The summed E-state index contributed by atoms with van der Waals surface area (Å²) in [4.78, 5) is 0. The van der Waals surface area contributed by atoms with Crippen molar-refractivity contribution >= 4 is 0 Å². The Morgan fingerprint density at radius 3 is 2.12 bits per heavy atom. The van der Waals surface area contributed by atoms with Gasteiger partial charge in [0, 0.05) is 6.04 Å². The molecule has 2 nitrogen and oxygen atoms in total. The number of hydrazine groups is 1. The molecule has 0 bridgehead atoms. The molecule has 1 saturated carbocycles. The van der Waals surface area contributed by atoms with E-state index in [0.717, 1.165) is 5.92 Å². The first-order chi connectivity index (χ1) is 7.52. The highest BCUT2D eigenvalue weighted by Gasteiger charge is 2.31. The lowest BCUT2D eigenvalue weighted by Crippen LogP contribution is -2.29. The van der Waals surface area contributed by atoms with E-state index in [1.54, 1.807) is 0 Å². The van der Waals surface area contributed by atoms with E-state index < -0.39 is 0 Å². The maximum atomic E-state index is 5.62. The summed E-state index contributed by atoms with van der Waals surface area (Å²) in [6, 6.07) is 9.21. The Hall–Kier alpha value is -0.860. The van der Waals surface area contributed by atoms with Crippen molar-refractivity contribution in [3.8, 4) is 0 Å². The SMILES string of the molecule is CC(C)(C)c1ccc([C@@H](NN)C2CC2)cc1. The quantitative estimate of drug-likeness (QED) is 0.604. The fourth-order valence-corrected chi connectivity index (χ4v) is 2.12. The molecule has 1 aromatic rings. The van der Waals surface area contributed by atoms with Crippen LogP contribution in [0.2, 0.25) is 0 Å². The van der Waals surface area contributed by atoms with E-state index in [1.165, 1.54) is 24.0 Å². The Morgan fingerprint density at radius 2 is 1.75 bits per heavy atom. The highest BCUT2D eigenvalue weighted by Crippen LogP contribution is 2.40. The second kappa shape index (κ2) is 4.19. The number of hydrogen-bond acceptors (Lipinski definition) is 2. The third-order valence-corrected chi connectivity index (χ3v) is 3.41. The molecule has 3 N–H and O–H groups in total. The lowest BCUT2D eigenvalue weighted by atomic mass is 9.86. The van der Waals surface area contributed by atoms with Gasteiger partial charge in [-0.3, -0.25) is 11.3 Å². The maximum Gasteiger partial charge on any atom is 0.0488 e. The number of benzene rings is 1. The van der Waals surface area contributed by atoms with E-state index in [1.807, 2.05) is 0 Å². The van der Waals surface area contributed by atoms with Gasteiger partial charge in [-0.05, 0) is 35.3 Å². The molecule has 0 radical (unpaired) electrons. The van der Waals surface area contributed by atoms with Crippen molar-refractivity contribution in [1.82, 2.24) is 5.43 Å². The second-order valence-corrected chi connectivity index (χ2v) is 5.85. The van der Waals surface area contributed by atoms with Gasteiger partial charge in [-0.1, -0.05) is 45.0 Å². The van der Waals surface area contributed by atoms with Crippen LogP contribution >= 0.6 is 0 Å². The molecule has 1 aromatic carbocycles. The van der Waals surface area contributed by atoms with Crippen molar-refractivity contribution in [2.24, 2.45) is 11.8 Å². The molecule has 1 fully saturated rings. The van der Waals surface area contributed by atoms with Crippen LogP contribution < -0.4 is 11.3 Å². The lowest BCUT2D eigenvalue weighted by Gasteiger charge is -2.21. The van der Waals surface area contributed by atoms with Gasteiger partial charge in [0.05, 0.1) is 0 Å². The summed E-state index contributed by atoms with van der Waals surface area (Å²) in [5, 5.41) is 0. The molecule has 0 amide bonds. The molecule has 2 heteroatoms. The van der Waals surface area contributed by atoms with Crippen molar-refractivity contribution < 1.29 is 0 Å². The van der Waals surface area contributed by atoms with Gasteiger partial charge in [0.25, 0.3) is 0 Å². The average molecular weight is 218 g/mol. The van der Waals surface area contributed by atoms with Crippen molar-refractivity contribution in [1.29, 1.82) is 0 Å². The third kappa shape index (κ3) is 2.45. The molecule has 16 heavy (non-hydrogen) atoms. The highest BCUT2D eigenvalue weighted by molar-refractivity contribution is 5.30. The third-order valence-electron chi connectivity index (χ3n) is 3.41. The number of hydrogen-bond donors (Lipinski definition) is 2. The monoisotopic (exact) mass is 218 g/mol. The predicted molar refractivity (Wildman–Crippen MR) is 67.9 cm³/mol. The van der Waals surface area contributed by atoms with E-state index in [4.69, 9.17) is 5.84 Å². The van der Waals surface area contributed by atoms with Crippen LogP contribution in [0, 0.1) is 5.92 Å². The molecule has 88 valence electrons. The Labute approximate surface area is 98.2 Å². The van der Waals surface area contributed by atoms with Crippen LogP contribution in [0.15, 0.2) is 24.3 Å². The molecular weight excluding hydrogens is 196 g/mol. The van der Waals surface area contributed by atoms with Crippen LogP contribution in [0.25, 0.3) is 0 Å². The normalized spacial score (nSPS) is 18.5. The van der Waals surface area contributed by atoms with Gasteiger partial charge >= 0.3 is 0 Å². The summed E-state index contributed by atoms with van der Waals surface area (Å²) in [5.41, 5.74) is 5.86. The minimum atomic E-state index is 0.226. The standard InChI is InChI=1S/C14H22N2/c1-14(2,3)12-8-6-11(7-9-12)13(16-15)10-4-5-10/h6-10,13,16H,4-5,15H2,1-3H3/t13-/m0/s1. The molecule has 1 aliphatic carbocycles. The number of nitrogens with two attached hydrogens (primary N) is 1. The van der Waals surface area contributed by atoms with Crippen molar-refractivity contribution in [3.05, 3.63) is 35.4 Å². The van der Waals surface area contributed by atoms with E-state index in [9.17, 15) is 0 Å². The fourth-order valence-electron chi connectivity index (χ4n) is 2.12. The molecule has 0 aromatic heterocycles. The van der Waals surface area contributed by atoms with Crippen LogP contribution in [0.5, 0.6) is 0 Å². The summed E-state index contributed by atoms with van der Waals surface area (Å²) >= 11 is 0. The zero-order valence-corrected chi connectivity index (χ0v) is 10.5. The summed E-state index contributed by atoms with van der Waals surface area (Å²) in [5.74, 6) is 6.36. The van der Waals surface area contributed by atoms with Crippen molar-refractivity contribution in [2.45, 2.75) is 45.1 Å². The van der Waals surface area contributed by atoms with E-state index >= 15 is 0 Å². The molecule has 0 spiro atoms. The topological polar surface area (TPSA) is 38.0 Å². The zero-order valence-electron chi connectivity index (χ0n) is 10.5. The van der Waals surface area contributed by atoms with Crippen LogP contribution in [-0.4, -0.2) is 0 Å². The van der Waals surface area contributed by atoms with Crippen LogP contribution in [0.1, 0.15) is 50.8 Å². The van der Waals surface area contributed by atoms with Gasteiger partial charge in [-0.25, -0.2) is 0 Å². The van der Waals surface area contributed by atoms with Gasteiger partial charge in [0.15, 0.2) is 0 Å². The van der Waals surface area contributed by atoms with Gasteiger partial charge in [-0.15, -0.1) is 0 Å². The predicted octanol–water partition coefficient (Wildman–Crippen LogP) is 2.90. The van der Waals surface area contributed by atoms with E-state index in [0.29, 0.717) is 6.04 Å². The van der Waals surface area contributed by atoms with Crippen LogP contribution in [0.3, 0.4) is 0 Å². The van der Waals surface area contributed by atoms with Crippen molar-refractivity contribution in [2.75, 3.05) is 0 Å². The molecule has 0 saturated heterocycles. The number of nitrogens with one attached hydrogen (secondary N) is 1. The van der Waals surface area contributed by atoms with Gasteiger partial charge in [0.1, 0.15) is 0 Å². The number of rotatable bonds is 3. The largest absolute Gasteiger partial charge is 0.271 e. The van der Waals surface area contributed by atoms with E-state index in [2.05, 4.69) is 50.5 Å². The first-order valence-electron chi connectivity index (χ1n) is 6.09. The highest BCUT2D eigenvalue weighted by atomic mass is 15.2. The van der Waals surface area contributed by atoms with Crippen LogP contribution in [0.4, 0.5) is 0 Å². The Morgan fingerprint density at radius 1 is 1.19 bits per heavy atom. The summed E-state index contributed by atoms with van der Waals surface area (Å²) in [6.07, 6.45) is 2.60. The molecule has 1 aliphatic rings. The second-order valence-electron chi connectivity index (χ2n) is 5.85. The van der Waals surface area contributed by atoms with Gasteiger partial charge in [-0.2, -0.15) is 0 Å². The first-order valence-corrected chi connectivity index (χ1v) is 6.09. The summed E-state index contributed by atoms with van der Waals surface area (Å²) < 4.78 is 0. The Kier molecular flexibility index (Phi) is 3.04. The average Bonchev–Trinajstić information content (AvgIpc) is 3.03. The molecule has 2 rings (SSSR count). The van der Waals surface area contributed by atoms with Crippen molar-refractivity contribution in [3.63, 3.8) is 0 Å². The molecule has 1 atom stereocenters. The molecule has 0 unspecified atom stereocenters.